The molecule has 1 aromatic carbocycles. The molecule has 0 N–H and O–H groups in total. The largest absolute Gasteiger partial charge is 0.371 e. The van der Waals surface area contributed by atoms with Crippen LogP contribution in [0, 0.1) is 18.8 Å². The highest BCUT2D eigenvalue weighted by Crippen LogP contribution is 2.46. The molecule has 1 saturated carbocycles. The molecule has 0 radical (unpaired) electrons. The molecule has 3 rings (SSSR count). The predicted octanol–water partition coefficient (Wildman–Crippen LogP) is 2.45. The van der Waals surface area contributed by atoms with Gasteiger partial charge in [-0.2, -0.15) is 0 Å². The van der Waals surface area contributed by atoms with Crippen LogP contribution >= 0.6 is 0 Å². The second-order valence-electron chi connectivity index (χ2n) is 4.45. The van der Waals surface area contributed by atoms with Crippen LogP contribution in [-0.4, -0.2) is 13.1 Å². The van der Waals surface area contributed by atoms with Crippen LogP contribution in [-0.2, 0) is 0 Å². The van der Waals surface area contributed by atoms with E-state index in [1.54, 1.807) is 0 Å². The van der Waals surface area contributed by atoms with Crippen LogP contribution < -0.4 is 4.90 Å². The molecule has 1 aromatic rings. The minimum Gasteiger partial charge on any atom is -0.371 e. The fourth-order valence-corrected chi connectivity index (χ4v) is 2.51. The summed E-state index contributed by atoms with van der Waals surface area (Å²) in [7, 11) is 0. The summed E-state index contributed by atoms with van der Waals surface area (Å²) in [6, 6.07) is 8.72. The Bertz CT molecular complexity index is 322. The summed E-state index contributed by atoms with van der Waals surface area (Å²) in [6.45, 7) is 4.81. The summed E-state index contributed by atoms with van der Waals surface area (Å²) < 4.78 is 0. The van der Waals surface area contributed by atoms with Crippen molar-refractivity contribution in [3.8, 4) is 0 Å². The minimum absolute atomic E-state index is 1.03. The maximum atomic E-state index is 2.55. The van der Waals surface area contributed by atoms with Gasteiger partial charge in [-0.05, 0) is 36.8 Å². The lowest BCUT2D eigenvalue weighted by Crippen LogP contribution is -2.22. The average Bonchev–Trinajstić information content (AvgIpc) is 2.75. The zero-order chi connectivity index (χ0) is 8.84. The van der Waals surface area contributed by atoms with Crippen molar-refractivity contribution in [2.75, 3.05) is 18.0 Å². The molecular weight excluding hydrogens is 158 g/mol. The van der Waals surface area contributed by atoms with E-state index >= 15 is 0 Å². The lowest BCUT2D eigenvalue weighted by Gasteiger charge is -2.22. The Morgan fingerprint density at radius 2 is 1.85 bits per heavy atom. The quantitative estimate of drug-likeness (QED) is 0.630. The van der Waals surface area contributed by atoms with Gasteiger partial charge in [-0.25, -0.2) is 0 Å². The van der Waals surface area contributed by atoms with E-state index < -0.39 is 0 Å². The smallest absolute Gasteiger partial charge is 0.0396 e. The summed E-state index contributed by atoms with van der Waals surface area (Å²) in [6.07, 6.45) is 1.49. The Labute approximate surface area is 79.4 Å². The number of nitrogens with zero attached hydrogens (tertiary/aromatic N) is 1. The van der Waals surface area contributed by atoms with E-state index in [2.05, 4.69) is 36.1 Å². The molecule has 0 amide bonds. The highest BCUT2D eigenvalue weighted by atomic mass is 15.2. The Hall–Kier alpha value is -0.980. The van der Waals surface area contributed by atoms with Gasteiger partial charge in [-0.3, -0.25) is 0 Å². The zero-order valence-electron chi connectivity index (χ0n) is 8.03. The molecule has 1 nitrogen and oxygen atoms in total. The number of hydrogen-bond acceptors (Lipinski definition) is 1. The number of benzene rings is 1. The van der Waals surface area contributed by atoms with E-state index in [1.165, 1.54) is 30.8 Å². The topological polar surface area (TPSA) is 3.24 Å². The Kier molecular flexibility index (Phi) is 1.43. The summed E-state index contributed by atoms with van der Waals surface area (Å²) >= 11 is 0. The van der Waals surface area contributed by atoms with Gasteiger partial charge in [0.1, 0.15) is 0 Å². The molecule has 2 unspecified atom stereocenters. The van der Waals surface area contributed by atoms with Crippen LogP contribution in [0.3, 0.4) is 0 Å². The van der Waals surface area contributed by atoms with Crippen molar-refractivity contribution < 1.29 is 0 Å². The number of hydrogen-bond donors (Lipinski definition) is 0. The van der Waals surface area contributed by atoms with Crippen molar-refractivity contribution in [1.82, 2.24) is 0 Å². The highest BCUT2D eigenvalue weighted by molar-refractivity contribution is 5.54. The fourth-order valence-electron chi connectivity index (χ4n) is 2.51. The molecule has 1 aliphatic heterocycles. The van der Waals surface area contributed by atoms with Gasteiger partial charge >= 0.3 is 0 Å². The Morgan fingerprint density at radius 1 is 1.15 bits per heavy atom. The number of anilines is 1. The van der Waals surface area contributed by atoms with E-state index in [-0.39, 0.29) is 0 Å². The first-order valence-corrected chi connectivity index (χ1v) is 5.15. The average molecular weight is 173 g/mol. The zero-order valence-corrected chi connectivity index (χ0v) is 8.03. The summed E-state index contributed by atoms with van der Waals surface area (Å²) in [4.78, 5) is 2.55. The fraction of sp³-hybridized carbons (Fsp3) is 0.500. The summed E-state index contributed by atoms with van der Waals surface area (Å²) in [5, 5.41) is 0. The van der Waals surface area contributed by atoms with Gasteiger partial charge in [0, 0.05) is 18.8 Å². The third kappa shape index (κ3) is 1.14. The summed E-state index contributed by atoms with van der Waals surface area (Å²) in [5.74, 6) is 2.05. The molecule has 2 fully saturated rings. The molecule has 1 saturated heterocycles. The number of rotatable bonds is 1. The summed E-state index contributed by atoms with van der Waals surface area (Å²) in [5.41, 5.74) is 2.87. The van der Waals surface area contributed by atoms with Gasteiger partial charge in [0.2, 0.25) is 0 Å². The normalized spacial score (nSPS) is 30.4. The Balaban J connectivity index is 1.88. The van der Waals surface area contributed by atoms with E-state index in [4.69, 9.17) is 0 Å². The molecule has 0 bridgehead atoms. The van der Waals surface area contributed by atoms with Crippen LogP contribution in [0.15, 0.2) is 24.3 Å². The molecule has 2 atom stereocenters. The highest BCUT2D eigenvalue weighted by Gasteiger charge is 2.45. The SMILES string of the molecule is Cc1ccccc1N1CC2CC2C1. The molecule has 13 heavy (non-hydrogen) atoms. The van der Waals surface area contributed by atoms with E-state index in [1.807, 2.05) is 0 Å². The third-order valence-electron chi connectivity index (χ3n) is 3.43. The molecule has 1 heterocycles. The van der Waals surface area contributed by atoms with Crippen LogP contribution in [0.2, 0.25) is 0 Å². The van der Waals surface area contributed by atoms with Gasteiger partial charge in [0.25, 0.3) is 0 Å². The van der Waals surface area contributed by atoms with Crippen LogP contribution in [0.25, 0.3) is 0 Å². The maximum absolute atomic E-state index is 2.55. The second-order valence-corrected chi connectivity index (χ2v) is 4.45. The molecule has 1 heteroatoms. The van der Waals surface area contributed by atoms with Gasteiger partial charge in [0.15, 0.2) is 0 Å². The number of piperidine rings is 1. The van der Waals surface area contributed by atoms with Crippen molar-refractivity contribution >= 4 is 5.69 Å². The first kappa shape index (κ1) is 7.43. The lowest BCUT2D eigenvalue weighted by atomic mass is 10.2. The Morgan fingerprint density at radius 3 is 2.54 bits per heavy atom. The van der Waals surface area contributed by atoms with E-state index in [0.717, 1.165) is 11.8 Å². The lowest BCUT2D eigenvalue weighted by molar-refractivity contribution is 0.817. The van der Waals surface area contributed by atoms with E-state index in [9.17, 15) is 0 Å². The first-order valence-electron chi connectivity index (χ1n) is 5.15. The number of para-hydroxylation sites is 1. The first-order chi connectivity index (χ1) is 6.34. The van der Waals surface area contributed by atoms with Gasteiger partial charge < -0.3 is 4.90 Å². The molecule has 1 aliphatic carbocycles. The van der Waals surface area contributed by atoms with Gasteiger partial charge in [0.05, 0.1) is 0 Å². The van der Waals surface area contributed by atoms with Crippen molar-refractivity contribution in [2.45, 2.75) is 13.3 Å². The molecule has 2 aliphatic rings. The molecule has 0 spiro atoms. The van der Waals surface area contributed by atoms with Gasteiger partial charge in [-0.15, -0.1) is 0 Å². The van der Waals surface area contributed by atoms with Crippen molar-refractivity contribution in [1.29, 1.82) is 0 Å². The minimum atomic E-state index is 1.03. The van der Waals surface area contributed by atoms with Crippen LogP contribution in [0.5, 0.6) is 0 Å². The van der Waals surface area contributed by atoms with E-state index in [0.29, 0.717) is 0 Å². The monoisotopic (exact) mass is 173 g/mol. The van der Waals surface area contributed by atoms with Crippen molar-refractivity contribution in [3.05, 3.63) is 29.8 Å². The third-order valence-corrected chi connectivity index (χ3v) is 3.43. The van der Waals surface area contributed by atoms with Crippen LogP contribution in [0.4, 0.5) is 5.69 Å². The number of aryl methyl sites for hydroxylation is 1. The second kappa shape index (κ2) is 2.50. The number of fused-ring (bicyclic) bond motifs is 1. The standard InChI is InChI=1S/C12H15N/c1-9-4-2-3-5-12(9)13-7-10-6-11(10)8-13/h2-5,10-11H,6-8H2,1H3. The van der Waals surface area contributed by atoms with Crippen molar-refractivity contribution in [3.63, 3.8) is 0 Å². The van der Waals surface area contributed by atoms with Crippen LogP contribution in [0.1, 0.15) is 12.0 Å². The van der Waals surface area contributed by atoms with Gasteiger partial charge in [-0.1, -0.05) is 18.2 Å². The molecule has 68 valence electrons. The van der Waals surface area contributed by atoms with Crippen molar-refractivity contribution in [2.24, 2.45) is 11.8 Å². The predicted molar refractivity (Wildman–Crippen MR) is 55.0 cm³/mol. The maximum Gasteiger partial charge on any atom is 0.0396 e. The molecule has 0 aromatic heterocycles. The molecular formula is C12H15N.